The molecule has 0 aliphatic rings. The summed E-state index contributed by atoms with van der Waals surface area (Å²) in [5.41, 5.74) is -1.72. The molecule has 0 unspecified atom stereocenters. The highest BCUT2D eigenvalue weighted by atomic mass is 79.9. The molecule has 86 valence electrons. The third-order valence-electron chi connectivity index (χ3n) is 1.66. The summed E-state index contributed by atoms with van der Waals surface area (Å²) in [5, 5.41) is 19.0. The molecule has 0 spiro atoms. The van der Waals surface area contributed by atoms with E-state index >= 15 is 0 Å². The molecule has 0 aliphatic heterocycles. The Hall–Kier alpha value is -1.64. The molecule has 0 saturated carbocycles. The standard InChI is InChI=1S/C7H3BrF2N2O4/c8-4-3(5(9)10)2(7(13)14)1-11-6(4)12(15)16/h1,5H,(H,13,14). The Balaban J connectivity index is 3.54. The number of pyridine rings is 1. The highest BCUT2D eigenvalue weighted by molar-refractivity contribution is 9.10. The smallest absolute Gasteiger partial charge is 0.378 e. The second kappa shape index (κ2) is 4.47. The zero-order valence-electron chi connectivity index (χ0n) is 7.35. The number of halogens is 3. The maximum Gasteiger partial charge on any atom is 0.378 e. The lowest BCUT2D eigenvalue weighted by Gasteiger charge is -2.05. The molecular weight excluding hydrogens is 294 g/mol. The van der Waals surface area contributed by atoms with Crippen LogP contribution in [0.2, 0.25) is 0 Å². The zero-order valence-corrected chi connectivity index (χ0v) is 8.94. The van der Waals surface area contributed by atoms with E-state index in [1.807, 2.05) is 0 Å². The molecule has 0 bridgehead atoms. The van der Waals surface area contributed by atoms with Crippen molar-refractivity contribution >= 4 is 27.7 Å². The van der Waals surface area contributed by atoms with Gasteiger partial charge in [0, 0.05) is 0 Å². The lowest BCUT2D eigenvalue weighted by atomic mass is 10.1. The second-order valence-corrected chi connectivity index (χ2v) is 3.38. The summed E-state index contributed by atoms with van der Waals surface area (Å²) in [6.07, 6.45) is -2.62. The topological polar surface area (TPSA) is 93.3 Å². The first-order valence-corrected chi connectivity index (χ1v) is 4.49. The van der Waals surface area contributed by atoms with E-state index in [-0.39, 0.29) is 0 Å². The van der Waals surface area contributed by atoms with E-state index in [1.54, 1.807) is 0 Å². The third kappa shape index (κ3) is 2.13. The normalized spacial score (nSPS) is 10.5. The van der Waals surface area contributed by atoms with E-state index in [0.29, 0.717) is 6.20 Å². The molecule has 0 amide bonds. The number of aromatic nitrogens is 1. The van der Waals surface area contributed by atoms with Crippen molar-refractivity contribution in [3.63, 3.8) is 0 Å². The molecule has 0 aliphatic carbocycles. The molecule has 1 rings (SSSR count). The lowest BCUT2D eigenvalue weighted by Crippen LogP contribution is -2.07. The average molecular weight is 297 g/mol. The van der Waals surface area contributed by atoms with Crippen molar-refractivity contribution in [1.82, 2.24) is 4.98 Å². The van der Waals surface area contributed by atoms with Crippen molar-refractivity contribution in [2.24, 2.45) is 0 Å². The number of nitro groups is 1. The Morgan fingerprint density at radius 2 is 2.19 bits per heavy atom. The summed E-state index contributed by atoms with van der Waals surface area (Å²) in [7, 11) is 0. The van der Waals surface area contributed by atoms with Gasteiger partial charge in [0.1, 0.15) is 10.0 Å². The number of carboxylic acid groups (broad SMARTS) is 1. The van der Waals surface area contributed by atoms with Crippen LogP contribution in [-0.2, 0) is 0 Å². The van der Waals surface area contributed by atoms with Gasteiger partial charge in [0.2, 0.25) is 0 Å². The molecule has 0 saturated heterocycles. The Kier molecular flexibility index (Phi) is 3.48. The maximum atomic E-state index is 12.5. The summed E-state index contributed by atoms with van der Waals surface area (Å²) >= 11 is 2.55. The van der Waals surface area contributed by atoms with Gasteiger partial charge < -0.3 is 15.2 Å². The summed E-state index contributed by atoms with van der Waals surface area (Å²) < 4.78 is 24.5. The highest BCUT2D eigenvalue weighted by Crippen LogP contribution is 2.35. The Morgan fingerprint density at radius 1 is 1.62 bits per heavy atom. The zero-order chi connectivity index (χ0) is 12.5. The number of rotatable bonds is 3. The third-order valence-corrected chi connectivity index (χ3v) is 2.44. The van der Waals surface area contributed by atoms with Gasteiger partial charge in [-0.15, -0.1) is 0 Å². The van der Waals surface area contributed by atoms with E-state index in [1.165, 1.54) is 0 Å². The number of nitrogens with zero attached hydrogens (tertiary/aromatic N) is 2. The van der Waals surface area contributed by atoms with E-state index in [9.17, 15) is 23.7 Å². The Labute approximate surface area is 95.2 Å². The minimum Gasteiger partial charge on any atom is -0.478 e. The summed E-state index contributed by atoms with van der Waals surface area (Å²) in [5.74, 6) is -2.47. The van der Waals surface area contributed by atoms with Crippen LogP contribution in [-0.4, -0.2) is 21.0 Å². The van der Waals surface area contributed by atoms with E-state index < -0.39 is 38.7 Å². The van der Waals surface area contributed by atoms with Gasteiger partial charge in [-0.3, -0.25) is 0 Å². The fraction of sp³-hybridized carbons (Fsp3) is 0.143. The van der Waals surface area contributed by atoms with Crippen LogP contribution < -0.4 is 0 Å². The van der Waals surface area contributed by atoms with Gasteiger partial charge in [0.15, 0.2) is 6.20 Å². The van der Waals surface area contributed by atoms with Gasteiger partial charge >= 0.3 is 11.8 Å². The van der Waals surface area contributed by atoms with Crippen LogP contribution in [0.15, 0.2) is 10.7 Å². The van der Waals surface area contributed by atoms with Crippen molar-refractivity contribution in [2.45, 2.75) is 6.43 Å². The van der Waals surface area contributed by atoms with Gasteiger partial charge in [-0.1, -0.05) is 0 Å². The first kappa shape index (κ1) is 12.4. The van der Waals surface area contributed by atoms with E-state index in [0.717, 1.165) is 0 Å². The van der Waals surface area contributed by atoms with Gasteiger partial charge in [-0.25, -0.2) is 13.6 Å². The van der Waals surface area contributed by atoms with Crippen LogP contribution in [0.1, 0.15) is 22.3 Å². The molecule has 9 heteroatoms. The van der Waals surface area contributed by atoms with Crippen molar-refractivity contribution in [3.8, 4) is 0 Å². The number of alkyl halides is 2. The van der Waals surface area contributed by atoms with Crippen molar-refractivity contribution in [3.05, 3.63) is 31.9 Å². The van der Waals surface area contributed by atoms with Crippen LogP contribution >= 0.6 is 15.9 Å². The predicted octanol–water partition coefficient (Wildman–Crippen LogP) is 2.39. The number of aromatic carboxylic acids is 1. The molecule has 0 atom stereocenters. The van der Waals surface area contributed by atoms with Crippen LogP contribution in [0.4, 0.5) is 14.6 Å². The monoisotopic (exact) mass is 296 g/mol. The van der Waals surface area contributed by atoms with Crippen LogP contribution in [0.25, 0.3) is 0 Å². The Morgan fingerprint density at radius 3 is 2.56 bits per heavy atom. The number of hydrogen-bond donors (Lipinski definition) is 1. The SMILES string of the molecule is O=C(O)c1cnc([N+](=O)[O-])c(Br)c1C(F)F. The largest absolute Gasteiger partial charge is 0.478 e. The quantitative estimate of drug-likeness (QED) is 0.683. The summed E-state index contributed by atoms with van der Waals surface area (Å²) in [6, 6.07) is 0. The minimum absolute atomic E-state index is 0.534. The summed E-state index contributed by atoms with van der Waals surface area (Å²) in [6.45, 7) is 0. The molecular formula is C7H3BrF2N2O4. The van der Waals surface area contributed by atoms with E-state index in [4.69, 9.17) is 5.11 Å². The number of hydrogen-bond acceptors (Lipinski definition) is 4. The number of carbonyl (C=O) groups is 1. The lowest BCUT2D eigenvalue weighted by molar-refractivity contribution is -0.390. The molecule has 6 nitrogen and oxygen atoms in total. The fourth-order valence-corrected chi connectivity index (χ4v) is 1.64. The van der Waals surface area contributed by atoms with Gasteiger partial charge in [-0.05, 0) is 25.8 Å². The van der Waals surface area contributed by atoms with Crippen molar-refractivity contribution in [1.29, 1.82) is 0 Å². The van der Waals surface area contributed by atoms with Gasteiger partial charge in [0.05, 0.1) is 5.56 Å². The first-order valence-electron chi connectivity index (χ1n) is 3.70. The van der Waals surface area contributed by atoms with Crippen molar-refractivity contribution in [2.75, 3.05) is 0 Å². The van der Waals surface area contributed by atoms with E-state index in [2.05, 4.69) is 20.9 Å². The molecule has 0 aromatic carbocycles. The molecule has 16 heavy (non-hydrogen) atoms. The second-order valence-electron chi connectivity index (χ2n) is 2.59. The highest BCUT2D eigenvalue weighted by Gasteiger charge is 2.29. The Bertz CT molecular complexity index is 466. The van der Waals surface area contributed by atoms with Gasteiger partial charge in [-0.2, -0.15) is 0 Å². The van der Waals surface area contributed by atoms with Gasteiger partial charge in [0.25, 0.3) is 6.43 Å². The predicted molar refractivity (Wildman–Crippen MR) is 50.5 cm³/mol. The average Bonchev–Trinajstić information content (AvgIpc) is 2.15. The molecule has 1 heterocycles. The fourth-order valence-electron chi connectivity index (χ4n) is 1.00. The number of carboxylic acids is 1. The van der Waals surface area contributed by atoms with Crippen molar-refractivity contribution < 1.29 is 23.6 Å². The molecule has 1 aromatic heterocycles. The first-order chi connectivity index (χ1) is 7.36. The van der Waals surface area contributed by atoms with Crippen LogP contribution in [0.5, 0.6) is 0 Å². The summed E-state index contributed by atoms with van der Waals surface area (Å²) in [4.78, 5) is 23.2. The van der Waals surface area contributed by atoms with Crippen LogP contribution in [0.3, 0.4) is 0 Å². The molecule has 0 radical (unpaired) electrons. The molecule has 0 fully saturated rings. The minimum atomic E-state index is -3.15. The molecule has 1 N–H and O–H groups in total. The molecule has 1 aromatic rings. The van der Waals surface area contributed by atoms with Crippen LogP contribution in [0, 0.1) is 10.1 Å². The maximum absolute atomic E-state index is 12.5.